The van der Waals surface area contributed by atoms with Gasteiger partial charge in [-0.2, -0.15) is 0 Å². The molecule has 0 amide bonds. The first-order valence-electron chi connectivity index (χ1n) is 6.98. The molecule has 0 saturated carbocycles. The van der Waals surface area contributed by atoms with Crippen LogP contribution in [0.4, 0.5) is 0 Å². The summed E-state index contributed by atoms with van der Waals surface area (Å²) in [7, 11) is 1.83. The van der Waals surface area contributed by atoms with Crippen molar-refractivity contribution in [2.24, 2.45) is 0 Å². The number of likely N-dealkylation sites (N-methyl/N-ethyl adjacent to an activating group) is 1. The lowest BCUT2D eigenvalue weighted by atomic mass is 9.79. The van der Waals surface area contributed by atoms with E-state index in [9.17, 15) is 5.11 Å². The normalized spacial score (nSPS) is 21.7. The van der Waals surface area contributed by atoms with E-state index in [1.54, 1.807) is 12.1 Å². The molecule has 1 heterocycles. The van der Waals surface area contributed by atoms with Crippen molar-refractivity contribution in [2.75, 3.05) is 7.05 Å². The Kier molecular flexibility index (Phi) is 3.66. The molecule has 2 unspecified atom stereocenters. The molecule has 0 aliphatic carbocycles. The van der Waals surface area contributed by atoms with Crippen molar-refractivity contribution in [3.8, 4) is 5.75 Å². The van der Waals surface area contributed by atoms with Crippen molar-refractivity contribution in [1.82, 2.24) is 5.32 Å². The quantitative estimate of drug-likeness (QED) is 0.896. The van der Waals surface area contributed by atoms with Gasteiger partial charge in [0.1, 0.15) is 18.0 Å². The first-order valence-corrected chi connectivity index (χ1v) is 7.36. The second kappa shape index (κ2) is 5.34. The van der Waals surface area contributed by atoms with E-state index < -0.39 is 5.60 Å². The first kappa shape index (κ1) is 14.4. The summed E-state index contributed by atoms with van der Waals surface area (Å²) in [6.45, 7) is 2.39. The van der Waals surface area contributed by atoms with Gasteiger partial charge in [-0.1, -0.05) is 35.9 Å². The summed E-state index contributed by atoms with van der Waals surface area (Å²) in [5.41, 5.74) is 1.34. The number of aliphatic hydroxyl groups is 1. The van der Waals surface area contributed by atoms with Gasteiger partial charge in [0.2, 0.25) is 0 Å². The Balaban J connectivity index is 2.32. The zero-order valence-corrected chi connectivity index (χ0v) is 12.8. The standard InChI is InChI=1S/C17H18ClNO2/c1-11(19-2)17(20)14-6-4-3-5-12(14)10-21-16-8-7-13(18)9-15(16)17/h3-9,11,19-20H,10H2,1-2H3. The van der Waals surface area contributed by atoms with Crippen LogP contribution in [0.2, 0.25) is 5.02 Å². The summed E-state index contributed by atoms with van der Waals surface area (Å²) in [5, 5.41) is 15.3. The topological polar surface area (TPSA) is 41.5 Å². The zero-order chi connectivity index (χ0) is 15.0. The summed E-state index contributed by atoms with van der Waals surface area (Å²) >= 11 is 6.15. The highest BCUT2D eigenvalue weighted by Crippen LogP contribution is 2.43. The number of rotatable bonds is 2. The van der Waals surface area contributed by atoms with E-state index in [0.29, 0.717) is 22.9 Å². The molecule has 2 atom stereocenters. The SMILES string of the molecule is CNC(C)C1(O)c2ccccc2COc2ccc(Cl)cc21. The number of halogens is 1. The number of hydrogen-bond donors (Lipinski definition) is 2. The molecule has 2 aromatic carbocycles. The molecule has 0 bridgehead atoms. The van der Waals surface area contributed by atoms with Crippen molar-refractivity contribution in [3.63, 3.8) is 0 Å². The third-order valence-electron chi connectivity index (χ3n) is 4.22. The molecule has 2 aromatic rings. The van der Waals surface area contributed by atoms with Gasteiger partial charge in [0.15, 0.2) is 0 Å². The van der Waals surface area contributed by atoms with Crippen LogP contribution in [-0.2, 0) is 12.2 Å². The molecular weight excluding hydrogens is 286 g/mol. The van der Waals surface area contributed by atoms with Gasteiger partial charge in [0.05, 0.1) is 0 Å². The van der Waals surface area contributed by atoms with Gasteiger partial charge in [0, 0.05) is 16.6 Å². The molecule has 4 heteroatoms. The van der Waals surface area contributed by atoms with Gasteiger partial charge >= 0.3 is 0 Å². The molecule has 21 heavy (non-hydrogen) atoms. The molecule has 110 valence electrons. The lowest BCUT2D eigenvalue weighted by Crippen LogP contribution is -2.46. The van der Waals surface area contributed by atoms with E-state index >= 15 is 0 Å². The Hall–Kier alpha value is -1.55. The fraction of sp³-hybridized carbons (Fsp3) is 0.294. The highest BCUT2D eigenvalue weighted by molar-refractivity contribution is 6.30. The average Bonchev–Trinajstić information content (AvgIpc) is 2.63. The van der Waals surface area contributed by atoms with Crippen molar-refractivity contribution in [1.29, 1.82) is 0 Å². The van der Waals surface area contributed by atoms with E-state index in [1.165, 1.54) is 0 Å². The third kappa shape index (κ3) is 2.22. The minimum atomic E-state index is -1.19. The lowest BCUT2D eigenvalue weighted by molar-refractivity contribution is 0.0461. The largest absolute Gasteiger partial charge is 0.488 e. The average molecular weight is 304 g/mol. The van der Waals surface area contributed by atoms with Crippen LogP contribution in [0, 0.1) is 0 Å². The molecule has 1 aliphatic rings. The predicted octanol–water partition coefficient (Wildman–Crippen LogP) is 3.08. The first-order chi connectivity index (χ1) is 10.1. The van der Waals surface area contributed by atoms with E-state index in [-0.39, 0.29) is 6.04 Å². The fourth-order valence-corrected chi connectivity index (χ4v) is 3.09. The van der Waals surface area contributed by atoms with Crippen LogP contribution >= 0.6 is 11.6 Å². The van der Waals surface area contributed by atoms with Crippen LogP contribution in [0.25, 0.3) is 0 Å². The maximum atomic E-state index is 11.5. The van der Waals surface area contributed by atoms with Gasteiger partial charge in [0.25, 0.3) is 0 Å². The smallest absolute Gasteiger partial charge is 0.134 e. The summed E-state index contributed by atoms with van der Waals surface area (Å²) < 4.78 is 5.87. The van der Waals surface area contributed by atoms with Crippen molar-refractivity contribution >= 4 is 11.6 Å². The molecule has 0 fully saturated rings. The van der Waals surface area contributed by atoms with E-state index in [2.05, 4.69) is 5.32 Å². The minimum absolute atomic E-state index is 0.197. The van der Waals surface area contributed by atoms with Crippen LogP contribution < -0.4 is 10.1 Å². The van der Waals surface area contributed by atoms with Crippen LogP contribution in [-0.4, -0.2) is 18.2 Å². The molecular formula is C17H18ClNO2. The van der Waals surface area contributed by atoms with E-state index in [1.807, 2.05) is 44.3 Å². The van der Waals surface area contributed by atoms with E-state index in [0.717, 1.165) is 11.1 Å². The highest BCUT2D eigenvalue weighted by atomic mass is 35.5. The zero-order valence-electron chi connectivity index (χ0n) is 12.1. The van der Waals surface area contributed by atoms with Crippen LogP contribution in [0.15, 0.2) is 42.5 Å². The number of fused-ring (bicyclic) bond motifs is 2. The number of hydrogen-bond acceptors (Lipinski definition) is 3. The monoisotopic (exact) mass is 303 g/mol. The van der Waals surface area contributed by atoms with Gasteiger partial charge in [-0.25, -0.2) is 0 Å². The van der Waals surface area contributed by atoms with Crippen LogP contribution in [0.5, 0.6) is 5.75 Å². The molecule has 0 aromatic heterocycles. The van der Waals surface area contributed by atoms with Crippen molar-refractivity contribution in [3.05, 3.63) is 64.2 Å². The van der Waals surface area contributed by atoms with Gasteiger partial charge in [-0.3, -0.25) is 0 Å². The molecule has 0 saturated heterocycles. The lowest BCUT2D eigenvalue weighted by Gasteiger charge is -2.35. The molecule has 3 nitrogen and oxygen atoms in total. The van der Waals surface area contributed by atoms with E-state index in [4.69, 9.17) is 16.3 Å². The second-order valence-corrected chi connectivity index (χ2v) is 5.80. The molecule has 2 N–H and O–H groups in total. The number of ether oxygens (including phenoxy) is 1. The second-order valence-electron chi connectivity index (χ2n) is 5.36. The Morgan fingerprint density at radius 3 is 2.76 bits per heavy atom. The molecule has 1 aliphatic heterocycles. The van der Waals surface area contributed by atoms with Crippen molar-refractivity contribution < 1.29 is 9.84 Å². The Morgan fingerprint density at radius 2 is 2.00 bits per heavy atom. The van der Waals surface area contributed by atoms with Crippen molar-refractivity contribution in [2.45, 2.75) is 25.2 Å². The molecule has 0 spiro atoms. The maximum Gasteiger partial charge on any atom is 0.134 e. The summed E-state index contributed by atoms with van der Waals surface area (Å²) in [6, 6.07) is 13.0. The van der Waals surface area contributed by atoms with Gasteiger partial charge in [-0.05, 0) is 43.3 Å². The Labute approximate surface area is 129 Å². The molecule has 3 rings (SSSR count). The summed E-state index contributed by atoms with van der Waals surface area (Å²) in [6.07, 6.45) is 0. The van der Waals surface area contributed by atoms with Crippen LogP contribution in [0.1, 0.15) is 23.6 Å². The minimum Gasteiger partial charge on any atom is -0.488 e. The summed E-state index contributed by atoms with van der Waals surface area (Å²) in [4.78, 5) is 0. The fourth-order valence-electron chi connectivity index (χ4n) is 2.92. The summed E-state index contributed by atoms with van der Waals surface area (Å²) in [5.74, 6) is 0.667. The number of nitrogens with one attached hydrogen (secondary N) is 1. The maximum absolute atomic E-state index is 11.5. The van der Waals surface area contributed by atoms with Gasteiger partial charge < -0.3 is 15.2 Å². The predicted molar refractivity (Wildman–Crippen MR) is 83.7 cm³/mol. The molecule has 0 radical (unpaired) electrons. The highest BCUT2D eigenvalue weighted by Gasteiger charge is 2.42. The number of benzene rings is 2. The van der Waals surface area contributed by atoms with Crippen LogP contribution in [0.3, 0.4) is 0 Å². The Bertz CT molecular complexity index is 674. The Morgan fingerprint density at radius 1 is 1.24 bits per heavy atom. The third-order valence-corrected chi connectivity index (χ3v) is 4.46. The van der Waals surface area contributed by atoms with Gasteiger partial charge in [-0.15, -0.1) is 0 Å².